The lowest BCUT2D eigenvalue weighted by Gasteiger charge is -2.19. The molecule has 3 rings (SSSR count). The van der Waals surface area contributed by atoms with Crippen molar-refractivity contribution in [2.75, 3.05) is 7.11 Å². The molecule has 3 aromatic heterocycles. The molecule has 0 aliphatic carbocycles. The van der Waals surface area contributed by atoms with Gasteiger partial charge in [-0.2, -0.15) is 17.6 Å². The zero-order valence-electron chi connectivity index (χ0n) is 13.8. The molecule has 0 aliphatic heterocycles. The van der Waals surface area contributed by atoms with Crippen molar-refractivity contribution in [1.29, 1.82) is 0 Å². The summed E-state index contributed by atoms with van der Waals surface area (Å²) in [6.07, 6.45) is -5.40. The van der Waals surface area contributed by atoms with Crippen LogP contribution in [-0.4, -0.2) is 39.0 Å². The van der Waals surface area contributed by atoms with Gasteiger partial charge in [0.15, 0.2) is 17.6 Å². The van der Waals surface area contributed by atoms with Gasteiger partial charge in [-0.15, -0.1) is 10.2 Å². The van der Waals surface area contributed by atoms with E-state index in [1.807, 2.05) is 0 Å². The lowest BCUT2D eigenvalue weighted by molar-refractivity contribution is -0.189. The number of ether oxygens (including phenoxy) is 2. The summed E-state index contributed by atoms with van der Waals surface area (Å²) < 4.78 is 64.4. The molecule has 10 heteroatoms. The van der Waals surface area contributed by atoms with Crippen LogP contribution >= 0.6 is 0 Å². The van der Waals surface area contributed by atoms with Gasteiger partial charge in [0.05, 0.1) is 0 Å². The van der Waals surface area contributed by atoms with Crippen molar-refractivity contribution in [1.82, 2.24) is 19.6 Å². The summed E-state index contributed by atoms with van der Waals surface area (Å²) in [5.74, 6) is -0.856. The van der Waals surface area contributed by atoms with Crippen molar-refractivity contribution in [2.24, 2.45) is 0 Å². The Hall–Kier alpha value is -2.75. The van der Waals surface area contributed by atoms with Crippen molar-refractivity contribution in [3.8, 4) is 17.0 Å². The van der Waals surface area contributed by atoms with E-state index < -0.39 is 18.2 Å². The Morgan fingerprint density at radius 1 is 1.15 bits per heavy atom. The summed E-state index contributed by atoms with van der Waals surface area (Å²) in [5, 5.41) is 7.67. The summed E-state index contributed by atoms with van der Waals surface area (Å²) >= 11 is 0. The van der Waals surface area contributed by atoms with Gasteiger partial charge in [0.25, 0.3) is 0 Å². The Bertz CT molecular complexity index is 926. The summed E-state index contributed by atoms with van der Waals surface area (Å²) in [6.45, 7) is 0.873. The van der Waals surface area contributed by atoms with Crippen LogP contribution in [0.2, 0.25) is 0 Å². The molecule has 0 fully saturated rings. The normalized spacial score (nSPS) is 13.2. The van der Waals surface area contributed by atoms with E-state index in [0.717, 1.165) is 11.3 Å². The quantitative estimate of drug-likeness (QED) is 0.509. The summed E-state index contributed by atoms with van der Waals surface area (Å²) in [4.78, 5) is 3.82. The van der Waals surface area contributed by atoms with Gasteiger partial charge < -0.3 is 9.47 Å². The maximum atomic E-state index is 15.0. The molecule has 0 N–H and O–H groups in total. The van der Waals surface area contributed by atoms with Crippen LogP contribution in [0.3, 0.4) is 0 Å². The third kappa shape index (κ3) is 3.32. The smallest absolute Gasteiger partial charge is 0.425 e. The van der Waals surface area contributed by atoms with Crippen molar-refractivity contribution in [3.63, 3.8) is 0 Å². The molecule has 0 bridgehead atoms. The van der Waals surface area contributed by atoms with Crippen LogP contribution in [0.1, 0.15) is 12.7 Å². The highest BCUT2D eigenvalue weighted by Gasteiger charge is 2.38. The molecule has 0 radical (unpaired) electrons. The number of aromatic nitrogens is 4. The maximum absolute atomic E-state index is 15.0. The van der Waals surface area contributed by atoms with E-state index in [1.165, 1.54) is 37.6 Å². The highest BCUT2D eigenvalue weighted by atomic mass is 19.4. The van der Waals surface area contributed by atoms with E-state index in [-0.39, 0.29) is 35.1 Å². The van der Waals surface area contributed by atoms with Gasteiger partial charge >= 0.3 is 6.18 Å². The fraction of sp³-hybridized carbons (Fsp3) is 0.312. The number of hydrogen-bond acceptors (Lipinski definition) is 5. The minimum absolute atomic E-state index is 0.00660. The summed E-state index contributed by atoms with van der Waals surface area (Å²) in [6, 6.07) is 5.79. The molecule has 0 saturated heterocycles. The van der Waals surface area contributed by atoms with E-state index in [0.29, 0.717) is 0 Å². The Morgan fingerprint density at radius 3 is 2.62 bits per heavy atom. The molecule has 0 aromatic carbocycles. The number of fused-ring (bicyclic) bond motifs is 1. The highest BCUT2D eigenvalue weighted by molar-refractivity contribution is 5.69. The molecule has 0 amide bonds. The number of alkyl halides is 3. The first-order valence-electron chi connectivity index (χ1n) is 7.53. The topological polar surface area (TPSA) is 61.5 Å². The number of hydrogen-bond donors (Lipinski definition) is 0. The molecule has 6 nitrogen and oxygen atoms in total. The average molecular weight is 370 g/mol. The van der Waals surface area contributed by atoms with E-state index in [1.54, 1.807) is 0 Å². The first-order chi connectivity index (χ1) is 12.3. The van der Waals surface area contributed by atoms with Crippen molar-refractivity contribution in [3.05, 3.63) is 42.2 Å². The molecule has 0 saturated carbocycles. The van der Waals surface area contributed by atoms with Crippen LogP contribution in [0.5, 0.6) is 5.88 Å². The Kier molecular flexibility index (Phi) is 4.77. The van der Waals surface area contributed by atoms with Crippen LogP contribution in [0.25, 0.3) is 16.8 Å². The van der Waals surface area contributed by atoms with Crippen LogP contribution in [0.4, 0.5) is 17.6 Å². The van der Waals surface area contributed by atoms with E-state index >= 15 is 4.39 Å². The van der Waals surface area contributed by atoms with Crippen LogP contribution in [0.15, 0.2) is 30.5 Å². The Balaban J connectivity index is 2.10. The molecule has 3 heterocycles. The predicted octanol–water partition coefficient (Wildman–Crippen LogP) is 3.41. The zero-order chi connectivity index (χ0) is 18.9. The average Bonchev–Trinajstić information content (AvgIpc) is 2.99. The lowest BCUT2D eigenvalue weighted by atomic mass is 10.1. The molecule has 26 heavy (non-hydrogen) atoms. The molecule has 3 aromatic rings. The van der Waals surface area contributed by atoms with E-state index in [9.17, 15) is 13.2 Å². The van der Waals surface area contributed by atoms with Crippen LogP contribution in [0, 0.1) is 5.95 Å². The highest BCUT2D eigenvalue weighted by Crippen LogP contribution is 2.33. The molecule has 138 valence electrons. The summed E-state index contributed by atoms with van der Waals surface area (Å²) in [5.41, 5.74) is 0.334. The van der Waals surface area contributed by atoms with E-state index in [4.69, 9.17) is 9.47 Å². The minimum atomic E-state index is -4.57. The summed E-state index contributed by atoms with van der Waals surface area (Å²) in [7, 11) is 1.43. The second-order valence-electron chi connectivity index (χ2n) is 5.44. The number of rotatable bonds is 5. The van der Waals surface area contributed by atoms with Gasteiger partial charge in [0.1, 0.15) is 6.61 Å². The predicted molar refractivity (Wildman–Crippen MR) is 83.0 cm³/mol. The number of halogens is 4. The Morgan fingerprint density at radius 2 is 1.92 bits per heavy atom. The van der Waals surface area contributed by atoms with Gasteiger partial charge in [-0.05, 0) is 31.2 Å². The van der Waals surface area contributed by atoms with Gasteiger partial charge in [-0.1, -0.05) is 0 Å². The third-order valence-electron chi connectivity index (χ3n) is 3.66. The molecule has 0 spiro atoms. The van der Waals surface area contributed by atoms with Gasteiger partial charge in [0.2, 0.25) is 11.8 Å². The number of nitrogens with zero attached hydrogens (tertiary/aromatic N) is 4. The Labute approximate surface area is 145 Å². The largest absolute Gasteiger partial charge is 0.465 e. The van der Waals surface area contributed by atoms with Crippen molar-refractivity contribution >= 4 is 5.65 Å². The fourth-order valence-electron chi connectivity index (χ4n) is 2.35. The first kappa shape index (κ1) is 18.1. The third-order valence-corrected chi connectivity index (χ3v) is 3.66. The number of pyridine rings is 2. The van der Waals surface area contributed by atoms with Gasteiger partial charge in [0, 0.05) is 24.4 Å². The zero-order valence-corrected chi connectivity index (χ0v) is 13.8. The number of methoxy groups -OCH3 is 1. The second-order valence-corrected chi connectivity index (χ2v) is 5.44. The molecule has 0 aliphatic rings. The molecular weight excluding hydrogens is 356 g/mol. The lowest BCUT2D eigenvalue weighted by Crippen LogP contribution is -2.31. The standard InChI is InChI=1S/C16H14F4N4O2/c1-9(16(18,19)20)26-15-11(4-3-7-21-15)10-5-6-12-22-23-13(8-25-2)24(12)14(10)17/h3-7,9H,8H2,1-2H3/t9-/m0/s1. The second kappa shape index (κ2) is 6.87. The maximum Gasteiger partial charge on any atom is 0.425 e. The van der Waals surface area contributed by atoms with Gasteiger partial charge in [-0.25, -0.2) is 4.98 Å². The minimum Gasteiger partial charge on any atom is -0.465 e. The van der Waals surface area contributed by atoms with Gasteiger partial charge in [-0.3, -0.25) is 4.40 Å². The molecule has 1 atom stereocenters. The monoisotopic (exact) mass is 370 g/mol. The van der Waals surface area contributed by atoms with Crippen LogP contribution in [-0.2, 0) is 11.3 Å². The fourth-order valence-corrected chi connectivity index (χ4v) is 2.35. The van der Waals surface area contributed by atoms with E-state index in [2.05, 4.69) is 15.2 Å². The molecule has 0 unspecified atom stereocenters. The van der Waals surface area contributed by atoms with Crippen molar-refractivity contribution in [2.45, 2.75) is 25.8 Å². The first-order valence-corrected chi connectivity index (χ1v) is 7.53. The SMILES string of the molecule is COCc1nnc2ccc(-c3cccnc3O[C@@H](C)C(F)(F)F)c(F)n12. The van der Waals surface area contributed by atoms with Crippen molar-refractivity contribution < 1.29 is 27.0 Å². The van der Waals surface area contributed by atoms with Crippen LogP contribution < -0.4 is 4.74 Å². The molecular formula is C16H14F4N4O2.